The van der Waals surface area contributed by atoms with E-state index < -0.39 is 0 Å². The zero-order valence-electron chi connectivity index (χ0n) is 12.0. The van der Waals surface area contributed by atoms with Crippen LogP contribution in [0.15, 0.2) is 24.3 Å². The van der Waals surface area contributed by atoms with Gasteiger partial charge in [-0.2, -0.15) is 0 Å². The molecule has 0 spiro atoms. The minimum absolute atomic E-state index is 0.333. The Morgan fingerprint density at radius 1 is 1.24 bits per heavy atom. The Morgan fingerprint density at radius 3 is 2.47 bits per heavy atom. The zero-order valence-corrected chi connectivity index (χ0v) is 12.0. The molecule has 0 aliphatic rings. The summed E-state index contributed by atoms with van der Waals surface area (Å²) in [5.41, 5.74) is 3.15. The number of rotatable bonds is 5. The summed E-state index contributed by atoms with van der Waals surface area (Å²) in [5, 5.41) is 3.61. The molecule has 0 heterocycles. The van der Waals surface area contributed by atoms with E-state index in [9.17, 15) is 0 Å². The molecule has 1 nitrogen and oxygen atoms in total. The highest BCUT2D eigenvalue weighted by atomic mass is 14.9. The summed E-state index contributed by atoms with van der Waals surface area (Å²) in [4.78, 5) is 0. The summed E-state index contributed by atoms with van der Waals surface area (Å²) >= 11 is 0. The Kier molecular flexibility index (Phi) is 5.20. The first-order valence-electron chi connectivity index (χ1n) is 6.72. The highest BCUT2D eigenvalue weighted by Crippen LogP contribution is 2.23. The van der Waals surface area contributed by atoms with Gasteiger partial charge in [-0.3, -0.25) is 0 Å². The van der Waals surface area contributed by atoms with E-state index in [4.69, 9.17) is 0 Å². The lowest BCUT2D eigenvalue weighted by Crippen LogP contribution is -2.40. The molecular formula is C16H27N. The van der Waals surface area contributed by atoms with Crippen molar-refractivity contribution >= 4 is 0 Å². The lowest BCUT2D eigenvalue weighted by atomic mass is 9.83. The highest BCUT2D eigenvalue weighted by Gasteiger charge is 2.22. The predicted molar refractivity (Wildman–Crippen MR) is 76.4 cm³/mol. The molecule has 1 rings (SSSR count). The molecule has 17 heavy (non-hydrogen) atoms. The molecule has 1 aromatic carbocycles. The first-order valence-corrected chi connectivity index (χ1v) is 6.72. The van der Waals surface area contributed by atoms with Gasteiger partial charge in [-0.1, -0.05) is 57.5 Å². The quantitative estimate of drug-likeness (QED) is 0.812. The maximum absolute atomic E-state index is 3.61. The molecular weight excluding hydrogens is 206 g/mol. The second-order valence-electron chi connectivity index (χ2n) is 6.00. The Hall–Kier alpha value is -0.820. The maximum Gasteiger partial charge on any atom is 0.0119 e. The summed E-state index contributed by atoms with van der Waals surface area (Å²) in [6, 6.07) is 9.44. The van der Waals surface area contributed by atoms with Crippen LogP contribution in [-0.2, 0) is 6.42 Å². The topological polar surface area (TPSA) is 12.0 Å². The molecule has 0 aliphatic heterocycles. The molecule has 1 unspecified atom stereocenters. The molecule has 1 aromatic rings. The molecule has 0 bridgehead atoms. The zero-order chi connectivity index (χ0) is 12.9. The van der Waals surface area contributed by atoms with Gasteiger partial charge in [0.2, 0.25) is 0 Å². The molecule has 0 amide bonds. The molecule has 0 aliphatic carbocycles. The summed E-state index contributed by atoms with van der Waals surface area (Å²) < 4.78 is 0. The van der Waals surface area contributed by atoms with E-state index in [0.29, 0.717) is 11.5 Å². The maximum atomic E-state index is 3.61. The van der Waals surface area contributed by atoms with Gasteiger partial charge in [0.05, 0.1) is 0 Å². The molecule has 1 heteroatoms. The summed E-state index contributed by atoms with van der Waals surface area (Å²) in [5.74, 6) is 0. The van der Waals surface area contributed by atoms with Gasteiger partial charge < -0.3 is 5.32 Å². The smallest absolute Gasteiger partial charge is 0.0119 e. The first-order chi connectivity index (χ1) is 7.93. The van der Waals surface area contributed by atoms with Gasteiger partial charge in [-0.05, 0) is 37.3 Å². The molecule has 0 fully saturated rings. The van der Waals surface area contributed by atoms with Crippen LogP contribution in [-0.4, -0.2) is 12.6 Å². The fourth-order valence-electron chi connectivity index (χ4n) is 2.27. The number of hydrogen-bond acceptors (Lipinski definition) is 1. The molecule has 96 valence electrons. The van der Waals surface area contributed by atoms with Crippen LogP contribution in [0, 0.1) is 12.3 Å². The van der Waals surface area contributed by atoms with Crippen molar-refractivity contribution in [2.45, 2.75) is 53.5 Å². The summed E-state index contributed by atoms with van der Waals surface area (Å²) in [7, 11) is 0. The Balaban J connectivity index is 2.58. The van der Waals surface area contributed by atoms with Crippen molar-refractivity contribution in [3.63, 3.8) is 0 Å². The first kappa shape index (κ1) is 14.2. The molecule has 1 N–H and O–H groups in total. The van der Waals surface area contributed by atoms with E-state index in [0.717, 1.165) is 13.0 Å². The minimum atomic E-state index is 0.333. The van der Waals surface area contributed by atoms with Gasteiger partial charge in [-0.15, -0.1) is 0 Å². The monoisotopic (exact) mass is 233 g/mol. The van der Waals surface area contributed by atoms with Crippen molar-refractivity contribution in [3.05, 3.63) is 35.4 Å². The van der Waals surface area contributed by atoms with Crippen LogP contribution >= 0.6 is 0 Å². The van der Waals surface area contributed by atoms with Gasteiger partial charge in [0.1, 0.15) is 0 Å². The Labute approximate surface area is 107 Å². The van der Waals surface area contributed by atoms with Gasteiger partial charge in [0, 0.05) is 6.04 Å². The van der Waals surface area contributed by atoms with Crippen LogP contribution in [0.4, 0.5) is 0 Å². The third-order valence-corrected chi connectivity index (χ3v) is 3.30. The largest absolute Gasteiger partial charge is 0.314 e. The fraction of sp³-hybridized carbons (Fsp3) is 0.625. The van der Waals surface area contributed by atoms with E-state index in [-0.39, 0.29) is 0 Å². The lowest BCUT2D eigenvalue weighted by molar-refractivity contribution is 0.258. The van der Waals surface area contributed by atoms with Crippen LogP contribution in [0.1, 0.15) is 45.2 Å². The number of nitrogens with one attached hydrogen (secondary N) is 1. The van der Waals surface area contributed by atoms with E-state index >= 15 is 0 Å². The van der Waals surface area contributed by atoms with E-state index in [1.54, 1.807) is 0 Å². The van der Waals surface area contributed by atoms with Crippen LogP contribution in [0.25, 0.3) is 0 Å². The Morgan fingerprint density at radius 2 is 1.94 bits per heavy atom. The van der Waals surface area contributed by atoms with Crippen LogP contribution < -0.4 is 5.32 Å². The van der Waals surface area contributed by atoms with Crippen molar-refractivity contribution in [1.82, 2.24) is 5.32 Å². The van der Waals surface area contributed by atoms with Crippen LogP contribution in [0.2, 0.25) is 0 Å². The van der Waals surface area contributed by atoms with Crippen molar-refractivity contribution in [3.8, 4) is 0 Å². The van der Waals surface area contributed by atoms with Crippen molar-refractivity contribution < 1.29 is 0 Å². The van der Waals surface area contributed by atoms with Crippen molar-refractivity contribution in [2.75, 3.05) is 6.54 Å². The third-order valence-electron chi connectivity index (χ3n) is 3.30. The second-order valence-corrected chi connectivity index (χ2v) is 6.00. The van der Waals surface area contributed by atoms with Crippen molar-refractivity contribution in [2.24, 2.45) is 5.41 Å². The highest BCUT2D eigenvalue weighted by molar-refractivity contribution is 5.22. The van der Waals surface area contributed by atoms with E-state index in [2.05, 4.69) is 64.2 Å². The number of benzene rings is 1. The SMILES string of the molecule is CCNC(CCc1cccc(C)c1)C(C)(C)C. The van der Waals surface area contributed by atoms with Crippen LogP contribution in [0.3, 0.4) is 0 Å². The minimum Gasteiger partial charge on any atom is -0.314 e. The Bertz CT molecular complexity index is 336. The molecule has 1 atom stereocenters. The molecule has 0 radical (unpaired) electrons. The molecule has 0 saturated heterocycles. The summed E-state index contributed by atoms with van der Waals surface area (Å²) in [6.07, 6.45) is 2.37. The van der Waals surface area contributed by atoms with Gasteiger partial charge in [0.15, 0.2) is 0 Å². The van der Waals surface area contributed by atoms with E-state index in [1.165, 1.54) is 17.5 Å². The average Bonchev–Trinajstić information content (AvgIpc) is 2.22. The van der Waals surface area contributed by atoms with Gasteiger partial charge >= 0.3 is 0 Å². The van der Waals surface area contributed by atoms with Crippen LogP contribution in [0.5, 0.6) is 0 Å². The number of aryl methyl sites for hydroxylation is 2. The fourth-order valence-corrected chi connectivity index (χ4v) is 2.27. The average molecular weight is 233 g/mol. The summed E-state index contributed by atoms with van der Waals surface area (Å²) in [6.45, 7) is 12.3. The molecule has 0 saturated carbocycles. The van der Waals surface area contributed by atoms with Gasteiger partial charge in [-0.25, -0.2) is 0 Å². The third kappa shape index (κ3) is 4.91. The number of hydrogen-bond donors (Lipinski definition) is 1. The molecule has 0 aromatic heterocycles. The normalized spacial score (nSPS) is 13.7. The lowest BCUT2D eigenvalue weighted by Gasteiger charge is -2.31. The van der Waals surface area contributed by atoms with Gasteiger partial charge in [0.25, 0.3) is 0 Å². The second kappa shape index (κ2) is 6.20. The standard InChI is InChI=1S/C16H27N/c1-6-17-15(16(3,4)5)11-10-14-9-7-8-13(2)12-14/h7-9,12,15,17H,6,10-11H2,1-5H3. The van der Waals surface area contributed by atoms with E-state index in [1.807, 2.05) is 0 Å². The van der Waals surface area contributed by atoms with Crippen molar-refractivity contribution in [1.29, 1.82) is 0 Å². The predicted octanol–water partition coefficient (Wildman–Crippen LogP) is 3.95.